The molecule has 1 saturated carbocycles. The van der Waals surface area contributed by atoms with Crippen molar-refractivity contribution in [2.75, 3.05) is 45.8 Å². The van der Waals surface area contributed by atoms with Gasteiger partial charge in [0.15, 0.2) is 5.96 Å². The summed E-state index contributed by atoms with van der Waals surface area (Å²) in [7, 11) is 0. The quantitative estimate of drug-likeness (QED) is 0.590. The van der Waals surface area contributed by atoms with E-state index in [-0.39, 0.29) is 0 Å². The predicted octanol–water partition coefficient (Wildman–Crippen LogP) is 3.49. The fourth-order valence-electron chi connectivity index (χ4n) is 4.67. The van der Waals surface area contributed by atoms with Gasteiger partial charge in [-0.05, 0) is 69.9 Å². The number of halogens is 3. The van der Waals surface area contributed by atoms with Gasteiger partial charge in [-0.3, -0.25) is 9.89 Å². The summed E-state index contributed by atoms with van der Waals surface area (Å²) in [4.78, 5) is 8.77. The molecular formula is C19H33F3N4. The zero-order valence-corrected chi connectivity index (χ0v) is 16.0. The van der Waals surface area contributed by atoms with Crippen LogP contribution in [0.3, 0.4) is 0 Å². The van der Waals surface area contributed by atoms with E-state index in [4.69, 9.17) is 4.99 Å². The molecule has 7 heteroatoms. The van der Waals surface area contributed by atoms with Gasteiger partial charge in [0.1, 0.15) is 0 Å². The van der Waals surface area contributed by atoms with Gasteiger partial charge in [0.05, 0.1) is 6.54 Å². The highest BCUT2D eigenvalue weighted by Gasteiger charge is 2.43. The Morgan fingerprint density at radius 2 is 1.88 bits per heavy atom. The first-order valence-electron chi connectivity index (χ1n) is 10.2. The molecule has 1 N–H and O–H groups in total. The van der Waals surface area contributed by atoms with E-state index in [1.165, 1.54) is 30.6 Å². The Morgan fingerprint density at radius 3 is 2.42 bits per heavy atom. The predicted molar refractivity (Wildman–Crippen MR) is 98.3 cm³/mol. The summed E-state index contributed by atoms with van der Waals surface area (Å²) in [6, 6.07) is 0. The van der Waals surface area contributed by atoms with E-state index < -0.39 is 12.7 Å². The van der Waals surface area contributed by atoms with E-state index in [1.807, 2.05) is 0 Å². The van der Waals surface area contributed by atoms with Crippen LogP contribution in [0.1, 0.15) is 51.9 Å². The fraction of sp³-hybridized carbons (Fsp3) is 0.947. The monoisotopic (exact) mass is 374 g/mol. The summed E-state index contributed by atoms with van der Waals surface area (Å²) in [6.45, 7) is 6.33. The van der Waals surface area contributed by atoms with Gasteiger partial charge in [-0.25, -0.2) is 0 Å². The largest absolute Gasteiger partial charge is 0.401 e. The lowest BCUT2D eigenvalue weighted by molar-refractivity contribution is -0.148. The molecular weight excluding hydrogens is 341 g/mol. The number of likely N-dealkylation sites (tertiary alicyclic amines) is 2. The summed E-state index contributed by atoms with van der Waals surface area (Å²) >= 11 is 0. The van der Waals surface area contributed by atoms with Crippen LogP contribution in [-0.2, 0) is 0 Å². The highest BCUT2D eigenvalue weighted by molar-refractivity contribution is 5.80. The second-order valence-electron chi connectivity index (χ2n) is 8.38. The van der Waals surface area contributed by atoms with Crippen LogP contribution in [0.2, 0.25) is 0 Å². The summed E-state index contributed by atoms with van der Waals surface area (Å²) < 4.78 is 37.4. The highest BCUT2D eigenvalue weighted by Crippen LogP contribution is 2.47. The van der Waals surface area contributed by atoms with E-state index >= 15 is 0 Å². The lowest BCUT2D eigenvalue weighted by Crippen LogP contribution is -2.42. The number of piperidine rings is 1. The molecule has 0 aromatic rings. The van der Waals surface area contributed by atoms with Crippen molar-refractivity contribution in [2.24, 2.45) is 16.3 Å². The second kappa shape index (κ2) is 8.36. The number of hydrogen-bond donors (Lipinski definition) is 1. The minimum Gasteiger partial charge on any atom is -0.357 e. The van der Waals surface area contributed by atoms with Crippen LogP contribution < -0.4 is 5.32 Å². The molecule has 0 aromatic heterocycles. The first-order chi connectivity index (χ1) is 12.4. The average molecular weight is 374 g/mol. The van der Waals surface area contributed by atoms with Gasteiger partial charge < -0.3 is 10.2 Å². The van der Waals surface area contributed by atoms with Crippen LogP contribution >= 0.6 is 0 Å². The Hall–Kier alpha value is -0.980. The maximum absolute atomic E-state index is 12.5. The van der Waals surface area contributed by atoms with Gasteiger partial charge in [-0.1, -0.05) is 6.42 Å². The molecule has 3 rings (SSSR count). The molecule has 150 valence electrons. The van der Waals surface area contributed by atoms with E-state index in [9.17, 15) is 13.2 Å². The first-order valence-corrected chi connectivity index (χ1v) is 10.2. The van der Waals surface area contributed by atoms with Gasteiger partial charge in [-0.15, -0.1) is 0 Å². The van der Waals surface area contributed by atoms with Gasteiger partial charge in [0, 0.05) is 26.2 Å². The Morgan fingerprint density at radius 1 is 1.15 bits per heavy atom. The van der Waals surface area contributed by atoms with Crippen molar-refractivity contribution in [3.63, 3.8) is 0 Å². The maximum atomic E-state index is 12.5. The van der Waals surface area contributed by atoms with Crippen LogP contribution in [0.5, 0.6) is 0 Å². The number of guanidine groups is 1. The molecule has 0 bridgehead atoms. The first kappa shape index (κ1) is 19.8. The molecule has 26 heavy (non-hydrogen) atoms. The molecule has 0 amide bonds. The number of nitrogens with zero attached hydrogens (tertiary/aromatic N) is 3. The van der Waals surface area contributed by atoms with Gasteiger partial charge in [0.2, 0.25) is 0 Å². The third-order valence-electron chi connectivity index (χ3n) is 6.40. The molecule has 3 aliphatic rings. The van der Waals surface area contributed by atoms with Crippen molar-refractivity contribution in [1.29, 1.82) is 0 Å². The number of hydrogen-bond acceptors (Lipinski definition) is 2. The average Bonchev–Trinajstić information content (AvgIpc) is 3.00. The zero-order chi connectivity index (χ0) is 18.6. The van der Waals surface area contributed by atoms with Crippen LogP contribution in [0.4, 0.5) is 13.2 Å². The molecule has 0 aromatic carbocycles. The summed E-state index contributed by atoms with van der Waals surface area (Å²) in [5, 5.41) is 3.42. The maximum Gasteiger partial charge on any atom is 0.401 e. The molecule has 0 unspecified atom stereocenters. The van der Waals surface area contributed by atoms with Crippen molar-refractivity contribution in [2.45, 2.75) is 58.0 Å². The van der Waals surface area contributed by atoms with Gasteiger partial charge >= 0.3 is 6.18 Å². The summed E-state index contributed by atoms with van der Waals surface area (Å²) in [6.07, 6.45) is 3.99. The SMILES string of the molecule is CCNC(=NCCC1CCN(CC(F)(F)F)CC1)N1CCC2(CCC2)C1. The summed E-state index contributed by atoms with van der Waals surface area (Å²) in [5.74, 6) is 1.54. The van der Waals surface area contributed by atoms with E-state index in [0.717, 1.165) is 51.4 Å². The Kier molecular flexibility index (Phi) is 6.36. The minimum absolute atomic E-state index is 0.502. The Bertz CT molecular complexity index is 480. The van der Waals surface area contributed by atoms with E-state index in [2.05, 4.69) is 17.1 Å². The van der Waals surface area contributed by atoms with Crippen molar-refractivity contribution >= 4 is 5.96 Å². The molecule has 2 heterocycles. The van der Waals surface area contributed by atoms with Gasteiger partial charge in [0.25, 0.3) is 0 Å². The van der Waals surface area contributed by atoms with Crippen LogP contribution in [0, 0.1) is 11.3 Å². The third kappa shape index (κ3) is 5.27. The smallest absolute Gasteiger partial charge is 0.357 e. The van der Waals surface area contributed by atoms with Crippen LogP contribution in [-0.4, -0.2) is 67.7 Å². The molecule has 0 radical (unpaired) electrons. The third-order valence-corrected chi connectivity index (χ3v) is 6.40. The lowest BCUT2D eigenvalue weighted by Gasteiger charge is -2.38. The molecule has 1 aliphatic carbocycles. The molecule has 4 nitrogen and oxygen atoms in total. The normalized spacial score (nSPS) is 24.9. The zero-order valence-electron chi connectivity index (χ0n) is 16.0. The number of nitrogens with one attached hydrogen (secondary N) is 1. The highest BCUT2D eigenvalue weighted by atomic mass is 19.4. The van der Waals surface area contributed by atoms with E-state index in [0.29, 0.717) is 24.4 Å². The standard InChI is InChI=1S/C19H33F3N4/c1-2-23-17(26-13-9-18(14-26)7-3-8-18)24-10-4-16-5-11-25(12-6-16)15-19(20,21)22/h16H,2-15H2,1H3,(H,23,24). The van der Waals surface area contributed by atoms with E-state index in [1.54, 1.807) is 0 Å². The molecule has 1 spiro atoms. The fourth-order valence-corrected chi connectivity index (χ4v) is 4.67. The van der Waals surface area contributed by atoms with Crippen LogP contribution in [0.25, 0.3) is 0 Å². The molecule has 2 aliphatic heterocycles. The van der Waals surface area contributed by atoms with Crippen LogP contribution in [0.15, 0.2) is 4.99 Å². The second-order valence-corrected chi connectivity index (χ2v) is 8.38. The Balaban J connectivity index is 1.41. The van der Waals surface area contributed by atoms with Crippen molar-refractivity contribution in [3.8, 4) is 0 Å². The number of aliphatic imine (C=N–C) groups is 1. The molecule has 0 atom stereocenters. The Labute approximate surface area is 155 Å². The van der Waals surface area contributed by atoms with Crippen molar-refractivity contribution in [1.82, 2.24) is 15.1 Å². The topological polar surface area (TPSA) is 30.9 Å². The van der Waals surface area contributed by atoms with Crippen molar-refractivity contribution in [3.05, 3.63) is 0 Å². The lowest BCUT2D eigenvalue weighted by atomic mass is 9.68. The molecule has 2 saturated heterocycles. The minimum atomic E-state index is -4.08. The van der Waals surface area contributed by atoms with Gasteiger partial charge in [-0.2, -0.15) is 13.2 Å². The summed E-state index contributed by atoms with van der Waals surface area (Å²) in [5.41, 5.74) is 0.557. The molecule has 3 fully saturated rings. The number of rotatable bonds is 5. The van der Waals surface area contributed by atoms with Crippen molar-refractivity contribution < 1.29 is 13.2 Å². The number of alkyl halides is 3.